The molecule has 32 heavy (non-hydrogen) atoms. The summed E-state index contributed by atoms with van der Waals surface area (Å²) in [5.41, 5.74) is 0. The number of carbonyl (C=O) groups is 9. The number of carbonyl (C=O) groups excluding carboxylic acids is 5. The number of amides is 6. The van der Waals surface area contributed by atoms with Gasteiger partial charge in [-0.25, -0.2) is 4.79 Å². The molecular formula is C17H20N2O13. The summed E-state index contributed by atoms with van der Waals surface area (Å²) in [5.74, 6) is -11.8. The molecule has 0 aromatic carbocycles. The molecule has 15 nitrogen and oxygen atoms in total. The van der Waals surface area contributed by atoms with Crippen LogP contribution in [0.4, 0.5) is 4.79 Å². The molecule has 0 aliphatic carbocycles. The molecule has 0 aliphatic rings. The van der Waals surface area contributed by atoms with E-state index in [1.54, 1.807) is 0 Å². The average Bonchev–Trinajstić information content (AvgIpc) is 2.67. The number of hydrogen-bond acceptors (Lipinski definition) is 9. The molecule has 0 aromatic rings. The Labute approximate surface area is 179 Å². The highest BCUT2D eigenvalue weighted by Gasteiger charge is 2.38. The van der Waals surface area contributed by atoms with Crippen LogP contribution in [0.1, 0.15) is 51.4 Å². The number of hydrogen-bond donors (Lipinski definition) is 4. The molecule has 4 N–H and O–H groups in total. The first-order valence-corrected chi connectivity index (χ1v) is 8.90. The number of aliphatic carboxylic acids is 4. The third kappa shape index (κ3) is 10.0. The number of nitrogens with zero attached hydrogens (tertiary/aromatic N) is 2. The van der Waals surface area contributed by atoms with Crippen LogP contribution in [0, 0.1) is 0 Å². The normalized spacial score (nSPS) is 10.0. The maximum atomic E-state index is 12.8. The molecule has 0 atom stereocenters. The molecule has 0 bridgehead atoms. The van der Waals surface area contributed by atoms with Crippen molar-refractivity contribution in [1.29, 1.82) is 0 Å². The standard InChI is InChI=1S/C17H20N2O13/c20-9(1-5-13(24)25)18(10(21)2-6-14(26)27)17(32)19(11(22)3-7-15(28)29)12(23)4-8-16(30)31/h1-8H2,(H,24,25)(H,26,27)(H,28,29)(H,30,31). The zero-order valence-corrected chi connectivity index (χ0v) is 16.5. The summed E-state index contributed by atoms with van der Waals surface area (Å²) in [4.78, 5) is 104. The summed E-state index contributed by atoms with van der Waals surface area (Å²) in [7, 11) is 0. The molecule has 0 saturated carbocycles. The first-order chi connectivity index (χ1) is 14.8. The van der Waals surface area contributed by atoms with Crippen molar-refractivity contribution in [2.45, 2.75) is 51.4 Å². The SMILES string of the molecule is O=C(O)CCC(=O)N(C(=O)CCC(=O)O)C(=O)N(C(=O)CCC(=O)O)C(=O)CCC(=O)O. The van der Waals surface area contributed by atoms with Gasteiger partial charge in [0.2, 0.25) is 23.6 Å². The Morgan fingerprint density at radius 1 is 0.375 bits per heavy atom. The van der Waals surface area contributed by atoms with Crippen molar-refractivity contribution in [2.75, 3.05) is 0 Å². The van der Waals surface area contributed by atoms with Gasteiger partial charge in [-0.3, -0.25) is 38.4 Å². The van der Waals surface area contributed by atoms with Crippen molar-refractivity contribution in [1.82, 2.24) is 9.80 Å². The maximum absolute atomic E-state index is 12.8. The van der Waals surface area contributed by atoms with E-state index in [1.807, 2.05) is 0 Å². The van der Waals surface area contributed by atoms with Crippen LogP contribution < -0.4 is 0 Å². The second-order valence-corrected chi connectivity index (χ2v) is 6.10. The van der Waals surface area contributed by atoms with E-state index in [1.165, 1.54) is 0 Å². The summed E-state index contributed by atoms with van der Waals surface area (Å²) in [6, 6.07) is -1.89. The van der Waals surface area contributed by atoms with E-state index in [9.17, 15) is 43.2 Å². The lowest BCUT2D eigenvalue weighted by Crippen LogP contribution is -2.53. The van der Waals surface area contributed by atoms with E-state index in [0.29, 0.717) is 0 Å². The zero-order valence-electron chi connectivity index (χ0n) is 16.5. The summed E-state index contributed by atoms with van der Waals surface area (Å²) in [5, 5.41) is 34.7. The minimum atomic E-state index is -1.89. The van der Waals surface area contributed by atoms with Crippen molar-refractivity contribution in [3.63, 3.8) is 0 Å². The predicted octanol–water partition coefficient (Wildman–Crippen LogP) is -0.724. The topological polar surface area (TPSA) is 241 Å². The number of carboxylic acids is 4. The third-order valence-corrected chi connectivity index (χ3v) is 3.59. The highest BCUT2D eigenvalue weighted by atomic mass is 16.4. The zero-order chi connectivity index (χ0) is 25.0. The Balaban J connectivity index is 6.03. The minimum absolute atomic E-state index is 0.275. The Kier molecular flexibility index (Phi) is 11.5. The first kappa shape index (κ1) is 27.8. The lowest BCUT2D eigenvalue weighted by molar-refractivity contribution is -0.150. The van der Waals surface area contributed by atoms with Gasteiger partial charge in [-0.1, -0.05) is 0 Å². The van der Waals surface area contributed by atoms with E-state index in [4.69, 9.17) is 20.4 Å². The summed E-state index contributed by atoms with van der Waals surface area (Å²) < 4.78 is 0. The number of carboxylic acid groups (broad SMARTS) is 4. The second kappa shape index (κ2) is 13.2. The molecule has 0 aromatic heterocycles. The fraction of sp³-hybridized carbons (Fsp3) is 0.471. The molecule has 0 spiro atoms. The first-order valence-electron chi connectivity index (χ1n) is 8.90. The van der Waals surface area contributed by atoms with Crippen LogP contribution in [0.15, 0.2) is 0 Å². The molecule has 0 radical (unpaired) electrons. The van der Waals surface area contributed by atoms with Crippen molar-refractivity contribution < 1.29 is 63.6 Å². The van der Waals surface area contributed by atoms with E-state index in [0.717, 1.165) is 0 Å². The van der Waals surface area contributed by atoms with Crippen LogP contribution in [0.25, 0.3) is 0 Å². The van der Waals surface area contributed by atoms with Crippen molar-refractivity contribution in [2.24, 2.45) is 0 Å². The van der Waals surface area contributed by atoms with Crippen LogP contribution >= 0.6 is 0 Å². The van der Waals surface area contributed by atoms with Gasteiger partial charge in [-0.05, 0) is 0 Å². The Hall–Kier alpha value is -4.17. The molecule has 0 saturated heterocycles. The van der Waals surface area contributed by atoms with Gasteiger partial charge < -0.3 is 20.4 Å². The van der Waals surface area contributed by atoms with Crippen molar-refractivity contribution in [3.05, 3.63) is 0 Å². The van der Waals surface area contributed by atoms with Gasteiger partial charge in [0.05, 0.1) is 25.7 Å². The van der Waals surface area contributed by atoms with Crippen LogP contribution in [0.2, 0.25) is 0 Å². The predicted molar refractivity (Wildman–Crippen MR) is 96.6 cm³/mol. The smallest absolute Gasteiger partial charge is 0.347 e. The van der Waals surface area contributed by atoms with Gasteiger partial charge >= 0.3 is 29.9 Å². The lowest BCUT2D eigenvalue weighted by atomic mass is 10.2. The van der Waals surface area contributed by atoms with Crippen molar-refractivity contribution >= 4 is 53.5 Å². The lowest BCUT2D eigenvalue weighted by Gasteiger charge is -2.25. The minimum Gasteiger partial charge on any atom is -0.481 e. The highest BCUT2D eigenvalue weighted by Crippen LogP contribution is 2.13. The molecule has 0 heterocycles. The molecule has 176 valence electrons. The van der Waals surface area contributed by atoms with Crippen LogP contribution in [-0.4, -0.2) is 83.8 Å². The molecule has 0 fully saturated rings. The van der Waals surface area contributed by atoms with E-state index >= 15 is 0 Å². The molecule has 0 unspecified atom stereocenters. The maximum Gasteiger partial charge on any atom is 0.347 e. The molecule has 0 rings (SSSR count). The van der Waals surface area contributed by atoms with Gasteiger partial charge in [0.15, 0.2) is 0 Å². The largest absolute Gasteiger partial charge is 0.481 e. The number of rotatable bonds is 12. The fourth-order valence-corrected chi connectivity index (χ4v) is 2.11. The summed E-state index contributed by atoms with van der Waals surface area (Å²) >= 11 is 0. The molecule has 15 heteroatoms. The van der Waals surface area contributed by atoms with Gasteiger partial charge in [-0.15, -0.1) is 0 Å². The molecule has 6 amide bonds. The Bertz CT molecular complexity index is 706. The molecule has 0 aliphatic heterocycles. The monoisotopic (exact) mass is 460 g/mol. The second-order valence-electron chi connectivity index (χ2n) is 6.10. The van der Waals surface area contributed by atoms with Gasteiger partial charge in [-0.2, -0.15) is 9.80 Å². The third-order valence-electron chi connectivity index (χ3n) is 3.59. The average molecular weight is 460 g/mol. The Morgan fingerprint density at radius 2 is 0.562 bits per heavy atom. The van der Waals surface area contributed by atoms with Gasteiger partial charge in [0.1, 0.15) is 0 Å². The number of imide groups is 6. The molecular weight excluding hydrogens is 440 g/mol. The van der Waals surface area contributed by atoms with Gasteiger partial charge in [0, 0.05) is 25.7 Å². The fourth-order valence-electron chi connectivity index (χ4n) is 2.11. The van der Waals surface area contributed by atoms with E-state index < -0.39 is 105 Å². The number of urea groups is 1. The van der Waals surface area contributed by atoms with Crippen molar-refractivity contribution in [3.8, 4) is 0 Å². The highest BCUT2D eigenvalue weighted by molar-refractivity contribution is 6.20. The summed E-state index contributed by atoms with van der Waals surface area (Å²) in [6.07, 6.45) is -7.13. The van der Waals surface area contributed by atoms with Crippen LogP contribution in [0.5, 0.6) is 0 Å². The Morgan fingerprint density at radius 3 is 0.719 bits per heavy atom. The van der Waals surface area contributed by atoms with E-state index in [-0.39, 0.29) is 9.80 Å². The quantitative estimate of drug-likeness (QED) is 0.281. The summed E-state index contributed by atoms with van der Waals surface area (Å²) in [6.45, 7) is 0. The van der Waals surface area contributed by atoms with Crippen LogP contribution in [-0.2, 0) is 38.4 Å². The van der Waals surface area contributed by atoms with E-state index in [2.05, 4.69) is 0 Å². The van der Waals surface area contributed by atoms with Gasteiger partial charge in [0.25, 0.3) is 0 Å². The van der Waals surface area contributed by atoms with Crippen LogP contribution in [0.3, 0.4) is 0 Å².